The first-order valence-corrected chi connectivity index (χ1v) is 9.89. The van der Waals surface area contributed by atoms with E-state index in [1.807, 2.05) is 6.92 Å². The summed E-state index contributed by atoms with van der Waals surface area (Å²) in [6.45, 7) is 3.98. The molecule has 3 fully saturated rings. The second kappa shape index (κ2) is 7.67. The number of aliphatic hydroxyl groups is 2. The highest BCUT2D eigenvalue weighted by Gasteiger charge is 2.37. The summed E-state index contributed by atoms with van der Waals surface area (Å²) in [7, 11) is 0. The van der Waals surface area contributed by atoms with Crippen LogP contribution in [0.5, 0.6) is 0 Å². The van der Waals surface area contributed by atoms with Gasteiger partial charge < -0.3 is 15.1 Å². The lowest BCUT2D eigenvalue weighted by Crippen LogP contribution is -2.40. The van der Waals surface area contributed by atoms with Gasteiger partial charge in [0, 0.05) is 13.1 Å². The lowest BCUT2D eigenvalue weighted by Gasteiger charge is -2.40. The van der Waals surface area contributed by atoms with E-state index >= 15 is 0 Å². The molecule has 3 aliphatic rings. The molecule has 0 unspecified atom stereocenters. The fourth-order valence-electron chi connectivity index (χ4n) is 3.77. The van der Waals surface area contributed by atoms with Gasteiger partial charge in [0.1, 0.15) is 10.3 Å². The Morgan fingerprint density at radius 1 is 1.12 bits per heavy atom. The lowest BCUT2D eigenvalue weighted by molar-refractivity contribution is 0.225. The van der Waals surface area contributed by atoms with E-state index in [0.29, 0.717) is 11.1 Å². The zero-order valence-electron chi connectivity index (χ0n) is 14.5. The lowest BCUT2D eigenvalue weighted by atomic mass is 9.77. The SMILES string of the molecule is Cc1nc(N2CCC3(CCCC3)CC2)c(CO)nc1Br.OC1CC1. The van der Waals surface area contributed by atoms with Crippen molar-refractivity contribution in [1.29, 1.82) is 0 Å². The first-order chi connectivity index (χ1) is 11.5. The number of hydrogen-bond acceptors (Lipinski definition) is 5. The molecule has 0 aromatic carbocycles. The van der Waals surface area contributed by atoms with Gasteiger partial charge in [-0.25, -0.2) is 9.97 Å². The number of aromatic nitrogens is 2. The minimum atomic E-state index is -0.0527. The highest BCUT2D eigenvalue weighted by atomic mass is 79.9. The van der Waals surface area contributed by atoms with Crippen LogP contribution in [0.1, 0.15) is 62.8 Å². The van der Waals surface area contributed by atoms with Crippen molar-refractivity contribution in [3.63, 3.8) is 0 Å². The van der Waals surface area contributed by atoms with Crippen molar-refractivity contribution in [3.05, 3.63) is 16.0 Å². The van der Waals surface area contributed by atoms with Crippen LogP contribution in [-0.4, -0.2) is 39.4 Å². The van der Waals surface area contributed by atoms with Crippen LogP contribution >= 0.6 is 15.9 Å². The van der Waals surface area contributed by atoms with Crippen molar-refractivity contribution in [2.45, 2.75) is 71.0 Å². The Kier molecular flexibility index (Phi) is 5.78. The number of hydrogen-bond donors (Lipinski definition) is 2. The van der Waals surface area contributed by atoms with E-state index in [2.05, 4.69) is 30.8 Å². The number of aryl methyl sites for hydroxylation is 1. The number of aliphatic hydroxyl groups excluding tert-OH is 2. The maximum absolute atomic E-state index is 9.52. The molecule has 24 heavy (non-hydrogen) atoms. The molecular weight excluding hydrogens is 370 g/mol. The molecule has 6 heteroatoms. The molecule has 1 aromatic rings. The second-order valence-corrected chi connectivity index (χ2v) is 8.20. The summed E-state index contributed by atoms with van der Waals surface area (Å²) in [4.78, 5) is 11.4. The van der Waals surface area contributed by atoms with Crippen molar-refractivity contribution in [2.75, 3.05) is 18.0 Å². The van der Waals surface area contributed by atoms with Crippen LogP contribution in [0.3, 0.4) is 0 Å². The predicted molar refractivity (Wildman–Crippen MR) is 98.0 cm³/mol. The van der Waals surface area contributed by atoms with E-state index in [9.17, 15) is 5.11 Å². The van der Waals surface area contributed by atoms with Gasteiger partial charge in [-0.3, -0.25) is 0 Å². The summed E-state index contributed by atoms with van der Waals surface area (Å²) in [6, 6.07) is 0. The third-order valence-corrected chi connectivity index (χ3v) is 6.30. The van der Waals surface area contributed by atoms with Gasteiger partial charge in [0.15, 0.2) is 5.82 Å². The van der Waals surface area contributed by atoms with Gasteiger partial charge in [0.25, 0.3) is 0 Å². The normalized spacial score (nSPS) is 22.4. The highest BCUT2D eigenvalue weighted by molar-refractivity contribution is 9.10. The molecule has 1 aromatic heterocycles. The summed E-state index contributed by atoms with van der Waals surface area (Å²) in [5.74, 6) is 0.876. The van der Waals surface area contributed by atoms with Crippen LogP contribution in [0.15, 0.2) is 4.60 Å². The number of nitrogens with zero attached hydrogens (tertiary/aromatic N) is 3. The van der Waals surface area contributed by atoms with E-state index in [1.54, 1.807) is 0 Å². The van der Waals surface area contributed by atoms with Crippen LogP contribution in [0, 0.1) is 12.3 Å². The maximum Gasteiger partial charge on any atom is 0.153 e. The molecule has 5 nitrogen and oxygen atoms in total. The van der Waals surface area contributed by atoms with Crippen molar-refractivity contribution >= 4 is 21.7 Å². The smallest absolute Gasteiger partial charge is 0.153 e. The Hall–Kier alpha value is -0.720. The Bertz CT molecular complexity index is 562. The molecule has 1 aliphatic heterocycles. The largest absolute Gasteiger partial charge is 0.393 e. The van der Waals surface area contributed by atoms with Gasteiger partial charge in [-0.05, 0) is 66.8 Å². The third-order valence-electron chi connectivity index (χ3n) is 5.55. The minimum Gasteiger partial charge on any atom is -0.393 e. The predicted octanol–water partition coefficient (Wildman–Crippen LogP) is 3.34. The van der Waals surface area contributed by atoms with Gasteiger partial charge in [0.05, 0.1) is 18.4 Å². The van der Waals surface area contributed by atoms with Crippen molar-refractivity contribution in [1.82, 2.24) is 9.97 Å². The maximum atomic E-state index is 9.52. The van der Waals surface area contributed by atoms with E-state index in [1.165, 1.54) is 38.5 Å². The average Bonchev–Trinajstić information content (AvgIpc) is 3.24. The Balaban J connectivity index is 0.000000370. The zero-order valence-corrected chi connectivity index (χ0v) is 16.1. The van der Waals surface area contributed by atoms with Crippen LogP contribution in [0.4, 0.5) is 5.82 Å². The third kappa shape index (κ3) is 4.27. The summed E-state index contributed by atoms with van der Waals surface area (Å²) in [5.41, 5.74) is 2.18. The quantitative estimate of drug-likeness (QED) is 0.800. The molecule has 0 bridgehead atoms. The highest BCUT2D eigenvalue weighted by Crippen LogP contribution is 2.46. The summed E-state index contributed by atoms with van der Waals surface area (Å²) >= 11 is 3.39. The van der Waals surface area contributed by atoms with Gasteiger partial charge in [-0.15, -0.1) is 0 Å². The molecule has 4 rings (SSSR count). The fourth-order valence-corrected chi connectivity index (χ4v) is 4.07. The summed E-state index contributed by atoms with van der Waals surface area (Å²) in [6.07, 6.45) is 10.3. The number of halogens is 1. The van der Waals surface area contributed by atoms with Crippen molar-refractivity contribution in [2.24, 2.45) is 5.41 Å². The molecule has 1 spiro atoms. The minimum absolute atomic E-state index is 0.0527. The van der Waals surface area contributed by atoms with E-state index in [0.717, 1.165) is 42.0 Å². The molecule has 0 atom stereocenters. The van der Waals surface area contributed by atoms with Crippen molar-refractivity contribution < 1.29 is 10.2 Å². The monoisotopic (exact) mass is 397 g/mol. The fraction of sp³-hybridized carbons (Fsp3) is 0.778. The van der Waals surface area contributed by atoms with Crippen molar-refractivity contribution in [3.8, 4) is 0 Å². The van der Waals surface area contributed by atoms with E-state index < -0.39 is 0 Å². The summed E-state index contributed by atoms with van der Waals surface area (Å²) < 4.78 is 0.731. The molecule has 2 saturated carbocycles. The van der Waals surface area contributed by atoms with Crippen LogP contribution in [-0.2, 0) is 6.61 Å². The average molecular weight is 398 g/mol. The number of anilines is 1. The number of piperidine rings is 1. The number of rotatable bonds is 2. The van der Waals surface area contributed by atoms with Gasteiger partial charge in [-0.1, -0.05) is 12.8 Å². The molecule has 134 valence electrons. The van der Waals surface area contributed by atoms with Crippen LogP contribution in [0.25, 0.3) is 0 Å². The van der Waals surface area contributed by atoms with E-state index in [-0.39, 0.29) is 12.7 Å². The Morgan fingerprint density at radius 3 is 2.21 bits per heavy atom. The standard InChI is InChI=1S/C15H22BrN3O.C3H6O/c1-11-13(16)18-12(10-20)14(17-11)19-8-6-15(7-9-19)4-2-3-5-15;4-3-1-2-3/h20H,2-10H2,1H3;3-4H,1-2H2. The Labute approximate surface area is 152 Å². The van der Waals surface area contributed by atoms with Gasteiger partial charge >= 0.3 is 0 Å². The first kappa shape index (κ1) is 18.1. The first-order valence-electron chi connectivity index (χ1n) is 9.10. The Morgan fingerprint density at radius 2 is 1.71 bits per heavy atom. The molecule has 2 heterocycles. The van der Waals surface area contributed by atoms with Gasteiger partial charge in [-0.2, -0.15) is 0 Å². The molecule has 1 saturated heterocycles. The second-order valence-electron chi connectivity index (χ2n) is 7.45. The molecule has 0 amide bonds. The topological polar surface area (TPSA) is 69.5 Å². The van der Waals surface area contributed by atoms with Crippen LogP contribution in [0.2, 0.25) is 0 Å². The van der Waals surface area contributed by atoms with E-state index in [4.69, 9.17) is 5.11 Å². The summed E-state index contributed by atoms with van der Waals surface area (Å²) in [5, 5.41) is 17.7. The molecule has 2 aliphatic carbocycles. The molecule has 0 radical (unpaired) electrons. The molecule has 2 N–H and O–H groups in total. The molecular formula is C18H28BrN3O2. The van der Waals surface area contributed by atoms with Crippen LogP contribution < -0.4 is 4.90 Å². The van der Waals surface area contributed by atoms with Gasteiger partial charge in [0.2, 0.25) is 0 Å². The zero-order chi connectivity index (χ0) is 17.2.